The molecule has 3 nitrogen and oxygen atoms in total. The number of esters is 1. The standard InChI is InChI=1S/C12H23NO2/c1-5-15-11(14)12(2,3)10-6-8-13(4)9-7-10/h10H,5-9H2,1-4H3. The van der Waals surface area contributed by atoms with Crippen molar-refractivity contribution in [2.24, 2.45) is 11.3 Å². The molecule has 0 aromatic carbocycles. The number of carbonyl (C=O) groups is 1. The molecule has 0 radical (unpaired) electrons. The van der Waals surface area contributed by atoms with Crippen LogP contribution in [0.3, 0.4) is 0 Å². The number of hydrogen-bond donors (Lipinski definition) is 0. The smallest absolute Gasteiger partial charge is 0.311 e. The van der Waals surface area contributed by atoms with Crippen LogP contribution in [0, 0.1) is 11.3 Å². The van der Waals surface area contributed by atoms with Crippen molar-refractivity contribution in [2.75, 3.05) is 26.7 Å². The maximum absolute atomic E-state index is 11.8. The molecule has 3 heteroatoms. The first kappa shape index (κ1) is 12.5. The molecule has 0 saturated carbocycles. The zero-order chi connectivity index (χ0) is 11.5. The summed E-state index contributed by atoms with van der Waals surface area (Å²) < 4.78 is 5.13. The van der Waals surface area contributed by atoms with Crippen LogP contribution in [0.2, 0.25) is 0 Å². The van der Waals surface area contributed by atoms with Crippen LogP contribution in [0.4, 0.5) is 0 Å². The lowest BCUT2D eigenvalue weighted by molar-refractivity contribution is -0.157. The third-order valence-corrected chi connectivity index (χ3v) is 3.54. The molecule has 0 aromatic heterocycles. The molecule has 1 saturated heterocycles. The minimum Gasteiger partial charge on any atom is -0.466 e. The van der Waals surface area contributed by atoms with Crippen molar-refractivity contribution in [3.05, 3.63) is 0 Å². The minimum atomic E-state index is -0.322. The molecule has 0 N–H and O–H groups in total. The molecule has 0 spiro atoms. The van der Waals surface area contributed by atoms with Gasteiger partial charge in [0.25, 0.3) is 0 Å². The zero-order valence-corrected chi connectivity index (χ0v) is 10.4. The van der Waals surface area contributed by atoms with Gasteiger partial charge in [-0.3, -0.25) is 4.79 Å². The lowest BCUT2D eigenvalue weighted by Crippen LogP contribution is -2.41. The topological polar surface area (TPSA) is 29.5 Å². The monoisotopic (exact) mass is 213 g/mol. The molecule has 0 amide bonds. The van der Waals surface area contributed by atoms with Gasteiger partial charge in [0.05, 0.1) is 12.0 Å². The summed E-state index contributed by atoms with van der Waals surface area (Å²) in [6.45, 7) is 8.56. The van der Waals surface area contributed by atoms with E-state index in [4.69, 9.17) is 4.74 Å². The Labute approximate surface area is 92.8 Å². The average molecular weight is 213 g/mol. The van der Waals surface area contributed by atoms with Crippen molar-refractivity contribution in [3.8, 4) is 0 Å². The fourth-order valence-corrected chi connectivity index (χ4v) is 2.21. The summed E-state index contributed by atoms with van der Waals surface area (Å²) >= 11 is 0. The lowest BCUT2D eigenvalue weighted by Gasteiger charge is -2.37. The van der Waals surface area contributed by atoms with Gasteiger partial charge < -0.3 is 9.64 Å². The Balaban J connectivity index is 2.56. The van der Waals surface area contributed by atoms with Gasteiger partial charge in [0.2, 0.25) is 0 Å². The van der Waals surface area contributed by atoms with E-state index in [0.29, 0.717) is 12.5 Å². The van der Waals surface area contributed by atoms with E-state index in [1.165, 1.54) is 0 Å². The first-order valence-electron chi connectivity index (χ1n) is 5.84. The van der Waals surface area contributed by atoms with E-state index in [1.807, 2.05) is 20.8 Å². The molecule has 0 unspecified atom stereocenters. The van der Waals surface area contributed by atoms with Gasteiger partial charge in [0.15, 0.2) is 0 Å². The van der Waals surface area contributed by atoms with Crippen molar-refractivity contribution >= 4 is 5.97 Å². The van der Waals surface area contributed by atoms with Crippen molar-refractivity contribution in [1.29, 1.82) is 0 Å². The summed E-state index contributed by atoms with van der Waals surface area (Å²) in [4.78, 5) is 14.1. The summed E-state index contributed by atoms with van der Waals surface area (Å²) in [7, 11) is 2.13. The van der Waals surface area contributed by atoms with E-state index in [1.54, 1.807) is 0 Å². The van der Waals surface area contributed by atoms with Gasteiger partial charge in [-0.25, -0.2) is 0 Å². The molecule has 1 fully saturated rings. The number of nitrogens with zero attached hydrogens (tertiary/aromatic N) is 1. The second-order valence-corrected chi connectivity index (χ2v) is 5.02. The Morgan fingerprint density at radius 1 is 1.40 bits per heavy atom. The van der Waals surface area contributed by atoms with Gasteiger partial charge in [-0.15, -0.1) is 0 Å². The van der Waals surface area contributed by atoms with E-state index in [2.05, 4.69) is 11.9 Å². The van der Waals surface area contributed by atoms with Gasteiger partial charge in [0, 0.05) is 0 Å². The predicted octanol–water partition coefficient (Wildman–Crippen LogP) is 1.92. The number of hydrogen-bond acceptors (Lipinski definition) is 3. The van der Waals surface area contributed by atoms with Crippen molar-refractivity contribution < 1.29 is 9.53 Å². The molecule has 1 aliphatic heterocycles. The first-order chi connectivity index (χ1) is 6.98. The Hall–Kier alpha value is -0.570. The van der Waals surface area contributed by atoms with Crippen LogP contribution >= 0.6 is 0 Å². The van der Waals surface area contributed by atoms with Gasteiger partial charge >= 0.3 is 5.97 Å². The SMILES string of the molecule is CCOC(=O)C(C)(C)C1CCN(C)CC1. The normalized spacial score (nSPS) is 20.3. The number of likely N-dealkylation sites (tertiary alicyclic amines) is 1. The Morgan fingerprint density at radius 3 is 2.40 bits per heavy atom. The van der Waals surface area contributed by atoms with Crippen molar-refractivity contribution in [3.63, 3.8) is 0 Å². The van der Waals surface area contributed by atoms with Gasteiger partial charge in [-0.05, 0) is 59.7 Å². The average Bonchev–Trinajstić information content (AvgIpc) is 2.18. The van der Waals surface area contributed by atoms with E-state index >= 15 is 0 Å². The van der Waals surface area contributed by atoms with Crippen LogP contribution in [0.25, 0.3) is 0 Å². The highest BCUT2D eigenvalue weighted by molar-refractivity contribution is 5.76. The van der Waals surface area contributed by atoms with Gasteiger partial charge in [-0.2, -0.15) is 0 Å². The summed E-state index contributed by atoms with van der Waals surface area (Å²) in [6, 6.07) is 0. The molecule has 1 heterocycles. The summed E-state index contributed by atoms with van der Waals surface area (Å²) in [5, 5.41) is 0. The molecule has 1 aliphatic rings. The number of carbonyl (C=O) groups excluding carboxylic acids is 1. The molecule has 15 heavy (non-hydrogen) atoms. The van der Waals surface area contributed by atoms with Gasteiger partial charge in [0.1, 0.15) is 0 Å². The van der Waals surface area contributed by atoms with Crippen LogP contribution in [0.1, 0.15) is 33.6 Å². The summed E-state index contributed by atoms with van der Waals surface area (Å²) in [5.41, 5.74) is -0.322. The van der Waals surface area contributed by atoms with Crippen LogP contribution in [-0.4, -0.2) is 37.6 Å². The molecule has 0 aromatic rings. The van der Waals surface area contributed by atoms with Crippen LogP contribution < -0.4 is 0 Å². The van der Waals surface area contributed by atoms with E-state index < -0.39 is 0 Å². The Morgan fingerprint density at radius 2 is 1.93 bits per heavy atom. The third kappa shape index (κ3) is 2.94. The highest BCUT2D eigenvalue weighted by Gasteiger charge is 2.39. The molecule has 0 aliphatic carbocycles. The van der Waals surface area contributed by atoms with Crippen molar-refractivity contribution in [2.45, 2.75) is 33.6 Å². The quantitative estimate of drug-likeness (QED) is 0.671. The van der Waals surface area contributed by atoms with E-state index in [0.717, 1.165) is 25.9 Å². The lowest BCUT2D eigenvalue weighted by atomic mass is 9.74. The van der Waals surface area contributed by atoms with E-state index in [-0.39, 0.29) is 11.4 Å². The molecule has 1 rings (SSSR count). The molecule has 0 atom stereocenters. The largest absolute Gasteiger partial charge is 0.466 e. The molecule has 0 bridgehead atoms. The molecular weight excluding hydrogens is 190 g/mol. The summed E-state index contributed by atoms with van der Waals surface area (Å²) in [5.74, 6) is 0.423. The van der Waals surface area contributed by atoms with E-state index in [9.17, 15) is 4.79 Å². The molecule has 88 valence electrons. The highest BCUT2D eigenvalue weighted by atomic mass is 16.5. The number of rotatable bonds is 3. The second kappa shape index (κ2) is 4.97. The summed E-state index contributed by atoms with van der Waals surface area (Å²) in [6.07, 6.45) is 2.20. The fourth-order valence-electron chi connectivity index (χ4n) is 2.21. The zero-order valence-electron chi connectivity index (χ0n) is 10.4. The maximum Gasteiger partial charge on any atom is 0.311 e. The maximum atomic E-state index is 11.8. The van der Waals surface area contributed by atoms with Crippen LogP contribution in [0.15, 0.2) is 0 Å². The predicted molar refractivity (Wildman–Crippen MR) is 60.6 cm³/mol. The third-order valence-electron chi connectivity index (χ3n) is 3.54. The number of ether oxygens (including phenoxy) is 1. The Bertz CT molecular complexity index is 218. The van der Waals surface area contributed by atoms with Crippen LogP contribution in [0.5, 0.6) is 0 Å². The number of piperidine rings is 1. The minimum absolute atomic E-state index is 0.0421. The van der Waals surface area contributed by atoms with Crippen molar-refractivity contribution in [1.82, 2.24) is 4.90 Å². The molecular formula is C12H23NO2. The fraction of sp³-hybridized carbons (Fsp3) is 0.917. The first-order valence-corrected chi connectivity index (χ1v) is 5.84. The Kier molecular flexibility index (Phi) is 4.14. The highest BCUT2D eigenvalue weighted by Crippen LogP contribution is 2.35. The van der Waals surface area contributed by atoms with Gasteiger partial charge in [-0.1, -0.05) is 0 Å². The van der Waals surface area contributed by atoms with Crippen LogP contribution in [-0.2, 0) is 9.53 Å². The second-order valence-electron chi connectivity index (χ2n) is 5.02.